The first-order chi connectivity index (χ1) is 9.76. The molecule has 106 valence electrons. The molecule has 1 aromatic heterocycles. The largest absolute Gasteiger partial charge is 0.339 e. The summed E-state index contributed by atoms with van der Waals surface area (Å²) in [7, 11) is 0. The van der Waals surface area contributed by atoms with E-state index in [1.54, 1.807) is 0 Å². The monoisotopic (exact) mass is 271 g/mol. The summed E-state index contributed by atoms with van der Waals surface area (Å²) in [6.07, 6.45) is 4.29. The fraction of sp³-hybridized carbons (Fsp3) is 0.500. The van der Waals surface area contributed by atoms with Crippen molar-refractivity contribution in [2.24, 2.45) is 5.73 Å². The van der Waals surface area contributed by atoms with Crippen molar-refractivity contribution in [3.05, 3.63) is 47.6 Å². The Morgan fingerprint density at radius 1 is 1.30 bits per heavy atom. The van der Waals surface area contributed by atoms with Crippen LogP contribution in [0.2, 0.25) is 0 Å². The maximum Gasteiger partial charge on any atom is 0.229 e. The van der Waals surface area contributed by atoms with E-state index in [0.717, 1.165) is 25.1 Å². The lowest BCUT2D eigenvalue weighted by Crippen LogP contribution is -2.36. The first-order valence-electron chi connectivity index (χ1n) is 7.36. The molecule has 1 fully saturated rings. The topological polar surface area (TPSA) is 64.9 Å². The van der Waals surface area contributed by atoms with Crippen LogP contribution in [0.3, 0.4) is 0 Å². The summed E-state index contributed by atoms with van der Waals surface area (Å²) in [4.78, 5) is 4.67. The second-order valence-electron chi connectivity index (χ2n) is 5.74. The van der Waals surface area contributed by atoms with Gasteiger partial charge in [-0.15, -0.1) is 0 Å². The summed E-state index contributed by atoms with van der Waals surface area (Å²) in [5.41, 5.74) is 6.86. The van der Waals surface area contributed by atoms with Crippen LogP contribution in [-0.4, -0.2) is 16.7 Å². The van der Waals surface area contributed by atoms with Crippen LogP contribution in [0.4, 0.5) is 0 Å². The van der Waals surface area contributed by atoms with Crippen LogP contribution in [-0.2, 0) is 5.41 Å². The van der Waals surface area contributed by atoms with Gasteiger partial charge in [0, 0.05) is 5.92 Å². The third-order valence-electron chi connectivity index (χ3n) is 4.42. The maximum atomic E-state index is 5.60. The van der Waals surface area contributed by atoms with Crippen molar-refractivity contribution >= 4 is 0 Å². The van der Waals surface area contributed by atoms with Gasteiger partial charge in [-0.1, -0.05) is 48.8 Å². The minimum atomic E-state index is -0.0363. The summed E-state index contributed by atoms with van der Waals surface area (Å²) in [5.74, 6) is 1.79. The molecule has 4 nitrogen and oxygen atoms in total. The molecule has 0 amide bonds. The van der Waals surface area contributed by atoms with E-state index in [2.05, 4.69) is 41.3 Å². The summed E-state index contributed by atoms with van der Waals surface area (Å²) < 4.78 is 5.47. The molecule has 1 aliphatic rings. The van der Waals surface area contributed by atoms with Gasteiger partial charge in [0.1, 0.15) is 0 Å². The van der Waals surface area contributed by atoms with Gasteiger partial charge in [-0.25, -0.2) is 0 Å². The Labute approximate surface area is 119 Å². The van der Waals surface area contributed by atoms with E-state index in [0.29, 0.717) is 12.4 Å². The predicted octanol–water partition coefficient (Wildman–Crippen LogP) is 2.99. The molecule has 1 atom stereocenters. The molecule has 4 heteroatoms. The third kappa shape index (κ3) is 2.14. The Kier molecular flexibility index (Phi) is 3.57. The first-order valence-corrected chi connectivity index (χ1v) is 7.36. The van der Waals surface area contributed by atoms with Gasteiger partial charge in [0.2, 0.25) is 5.89 Å². The van der Waals surface area contributed by atoms with E-state index in [1.165, 1.54) is 12.0 Å². The number of rotatable bonds is 5. The molecule has 0 radical (unpaired) electrons. The second-order valence-corrected chi connectivity index (χ2v) is 5.74. The third-order valence-corrected chi connectivity index (χ3v) is 4.42. The van der Waals surface area contributed by atoms with Gasteiger partial charge in [0.15, 0.2) is 5.82 Å². The minimum absolute atomic E-state index is 0.0363. The summed E-state index contributed by atoms with van der Waals surface area (Å²) in [6, 6.07) is 10.5. The fourth-order valence-electron chi connectivity index (χ4n) is 2.93. The number of hydrogen-bond donors (Lipinski definition) is 1. The number of nitrogens with zero attached hydrogens (tertiary/aromatic N) is 2. The lowest BCUT2D eigenvalue weighted by atomic mass is 9.64. The summed E-state index contributed by atoms with van der Waals surface area (Å²) >= 11 is 0. The Morgan fingerprint density at radius 2 is 2.05 bits per heavy atom. The normalized spacial score (nSPS) is 18.5. The van der Waals surface area contributed by atoms with E-state index < -0.39 is 0 Å². The van der Waals surface area contributed by atoms with E-state index in [1.807, 2.05) is 6.07 Å². The minimum Gasteiger partial charge on any atom is -0.339 e. The zero-order valence-corrected chi connectivity index (χ0v) is 11.9. The zero-order chi connectivity index (χ0) is 14.0. The first kappa shape index (κ1) is 13.3. The van der Waals surface area contributed by atoms with Crippen LogP contribution in [0.5, 0.6) is 0 Å². The smallest absolute Gasteiger partial charge is 0.229 e. The molecule has 0 bridgehead atoms. The lowest BCUT2D eigenvalue weighted by Gasteiger charge is -2.39. The van der Waals surface area contributed by atoms with Crippen molar-refractivity contribution in [1.29, 1.82) is 0 Å². The average molecular weight is 271 g/mol. The Bertz CT molecular complexity index is 560. The van der Waals surface area contributed by atoms with Crippen molar-refractivity contribution in [3.63, 3.8) is 0 Å². The van der Waals surface area contributed by atoms with Crippen LogP contribution in [0.15, 0.2) is 34.9 Å². The molecule has 1 aromatic carbocycles. The van der Waals surface area contributed by atoms with Crippen molar-refractivity contribution < 1.29 is 4.52 Å². The fourth-order valence-corrected chi connectivity index (χ4v) is 2.93. The maximum absolute atomic E-state index is 5.60. The van der Waals surface area contributed by atoms with Gasteiger partial charge in [0.05, 0.1) is 5.41 Å². The average Bonchev–Trinajstić information content (AvgIpc) is 2.89. The quantitative estimate of drug-likeness (QED) is 0.908. The van der Waals surface area contributed by atoms with Gasteiger partial charge in [-0.05, 0) is 31.4 Å². The Balaban J connectivity index is 1.91. The van der Waals surface area contributed by atoms with Gasteiger partial charge in [0.25, 0.3) is 0 Å². The molecule has 0 spiro atoms. The van der Waals surface area contributed by atoms with Gasteiger partial charge >= 0.3 is 0 Å². The molecule has 0 aliphatic heterocycles. The highest BCUT2D eigenvalue weighted by Gasteiger charge is 2.44. The highest BCUT2D eigenvalue weighted by Crippen LogP contribution is 2.47. The molecule has 1 saturated carbocycles. The van der Waals surface area contributed by atoms with Gasteiger partial charge in [-0.3, -0.25) is 0 Å². The van der Waals surface area contributed by atoms with E-state index >= 15 is 0 Å². The Morgan fingerprint density at radius 3 is 2.65 bits per heavy atom. The molecule has 2 N–H and O–H groups in total. The highest BCUT2D eigenvalue weighted by atomic mass is 16.5. The second kappa shape index (κ2) is 5.37. The summed E-state index contributed by atoms with van der Waals surface area (Å²) in [6.45, 7) is 2.73. The SMILES string of the molecule is CC(CCN)c1nc(C2(c3ccccc3)CCC2)no1. The molecule has 0 saturated heterocycles. The molecule has 2 aromatic rings. The number of aromatic nitrogens is 2. The molecule has 1 aliphatic carbocycles. The zero-order valence-electron chi connectivity index (χ0n) is 11.9. The molecular formula is C16H21N3O. The van der Waals surface area contributed by atoms with E-state index in [9.17, 15) is 0 Å². The van der Waals surface area contributed by atoms with Crippen LogP contribution in [0.25, 0.3) is 0 Å². The van der Waals surface area contributed by atoms with E-state index in [4.69, 9.17) is 10.3 Å². The number of hydrogen-bond acceptors (Lipinski definition) is 4. The lowest BCUT2D eigenvalue weighted by molar-refractivity contribution is 0.269. The number of benzene rings is 1. The highest BCUT2D eigenvalue weighted by molar-refractivity contribution is 5.35. The summed E-state index contributed by atoms with van der Waals surface area (Å²) in [5, 5.41) is 4.26. The standard InChI is InChI=1S/C16H21N3O/c1-12(8-11-17)14-18-15(19-20-14)16(9-5-10-16)13-6-3-2-4-7-13/h2-4,6-7,12H,5,8-11,17H2,1H3. The van der Waals surface area contributed by atoms with Crippen molar-refractivity contribution in [2.75, 3.05) is 6.54 Å². The van der Waals surface area contributed by atoms with Crippen LogP contribution >= 0.6 is 0 Å². The van der Waals surface area contributed by atoms with Crippen LogP contribution in [0.1, 0.15) is 55.8 Å². The molecule has 3 rings (SSSR count). The molecule has 1 heterocycles. The van der Waals surface area contributed by atoms with Crippen molar-refractivity contribution in [2.45, 2.75) is 43.9 Å². The Hall–Kier alpha value is -1.68. The predicted molar refractivity (Wildman–Crippen MR) is 77.5 cm³/mol. The van der Waals surface area contributed by atoms with E-state index in [-0.39, 0.29) is 11.3 Å². The van der Waals surface area contributed by atoms with Gasteiger partial charge < -0.3 is 10.3 Å². The van der Waals surface area contributed by atoms with Crippen LogP contribution < -0.4 is 5.73 Å². The van der Waals surface area contributed by atoms with Crippen molar-refractivity contribution in [3.8, 4) is 0 Å². The molecule has 1 unspecified atom stereocenters. The van der Waals surface area contributed by atoms with Gasteiger partial charge in [-0.2, -0.15) is 4.98 Å². The van der Waals surface area contributed by atoms with Crippen LogP contribution in [0, 0.1) is 0 Å². The molecule has 20 heavy (non-hydrogen) atoms. The number of nitrogens with two attached hydrogens (primary N) is 1. The molecular weight excluding hydrogens is 250 g/mol. The van der Waals surface area contributed by atoms with Crippen molar-refractivity contribution in [1.82, 2.24) is 10.1 Å².